The molecule has 0 saturated heterocycles. The SMILES string of the molecule is CCC(C)(C)N(C)c1c(F)cc(N)c2cccnc12. The minimum atomic E-state index is -0.326. The van der Waals surface area contributed by atoms with Gasteiger partial charge in [0.05, 0.1) is 11.2 Å². The molecule has 0 aliphatic carbocycles. The van der Waals surface area contributed by atoms with Gasteiger partial charge in [-0.2, -0.15) is 0 Å². The van der Waals surface area contributed by atoms with Crippen LogP contribution in [0.4, 0.5) is 15.8 Å². The number of nitrogens with zero attached hydrogens (tertiary/aromatic N) is 2. The number of nitrogen functional groups attached to an aromatic ring is 1. The predicted octanol–water partition coefficient (Wildman–Crippen LogP) is 3.58. The molecule has 4 heteroatoms. The zero-order chi connectivity index (χ0) is 14.2. The van der Waals surface area contributed by atoms with E-state index in [1.807, 2.05) is 24.1 Å². The summed E-state index contributed by atoms with van der Waals surface area (Å²) in [7, 11) is 1.90. The van der Waals surface area contributed by atoms with E-state index in [1.54, 1.807) is 6.20 Å². The van der Waals surface area contributed by atoms with Gasteiger partial charge in [0.2, 0.25) is 0 Å². The summed E-state index contributed by atoms with van der Waals surface area (Å²) >= 11 is 0. The summed E-state index contributed by atoms with van der Waals surface area (Å²) in [6, 6.07) is 5.06. The molecule has 3 nitrogen and oxygen atoms in total. The Kier molecular flexibility index (Phi) is 3.35. The van der Waals surface area contributed by atoms with Gasteiger partial charge in [0.1, 0.15) is 0 Å². The van der Waals surface area contributed by atoms with E-state index in [9.17, 15) is 4.39 Å². The van der Waals surface area contributed by atoms with Crippen LogP contribution in [0, 0.1) is 5.82 Å². The van der Waals surface area contributed by atoms with Crippen LogP contribution < -0.4 is 10.6 Å². The quantitative estimate of drug-likeness (QED) is 0.859. The van der Waals surface area contributed by atoms with E-state index in [4.69, 9.17) is 5.73 Å². The van der Waals surface area contributed by atoms with Crippen LogP contribution in [-0.4, -0.2) is 17.6 Å². The van der Waals surface area contributed by atoms with Gasteiger partial charge in [-0.15, -0.1) is 0 Å². The van der Waals surface area contributed by atoms with Gasteiger partial charge in [-0.3, -0.25) is 4.98 Å². The lowest BCUT2D eigenvalue weighted by molar-refractivity contribution is 0.463. The monoisotopic (exact) mass is 261 g/mol. The maximum atomic E-state index is 14.3. The van der Waals surface area contributed by atoms with E-state index >= 15 is 0 Å². The maximum absolute atomic E-state index is 14.3. The van der Waals surface area contributed by atoms with E-state index < -0.39 is 0 Å². The van der Waals surface area contributed by atoms with Gasteiger partial charge in [0, 0.05) is 29.9 Å². The number of hydrogen-bond acceptors (Lipinski definition) is 3. The van der Waals surface area contributed by atoms with E-state index in [2.05, 4.69) is 25.8 Å². The van der Waals surface area contributed by atoms with Crippen LogP contribution in [0.3, 0.4) is 0 Å². The molecule has 2 aromatic rings. The summed E-state index contributed by atoms with van der Waals surface area (Å²) in [6.07, 6.45) is 2.57. The largest absolute Gasteiger partial charge is 0.398 e. The summed E-state index contributed by atoms with van der Waals surface area (Å²) in [4.78, 5) is 6.25. The third-order valence-electron chi connectivity index (χ3n) is 3.96. The minimum Gasteiger partial charge on any atom is -0.398 e. The summed E-state index contributed by atoms with van der Waals surface area (Å²) in [5.74, 6) is -0.326. The maximum Gasteiger partial charge on any atom is 0.150 e. The first-order chi connectivity index (χ1) is 8.88. The number of hydrogen-bond donors (Lipinski definition) is 1. The third kappa shape index (κ3) is 2.23. The minimum absolute atomic E-state index is 0.151. The highest BCUT2D eigenvalue weighted by atomic mass is 19.1. The molecule has 1 aromatic heterocycles. The van der Waals surface area contributed by atoms with Crippen LogP contribution in [0.15, 0.2) is 24.4 Å². The molecule has 1 heterocycles. The Hall–Kier alpha value is -1.84. The smallest absolute Gasteiger partial charge is 0.150 e. The lowest BCUT2D eigenvalue weighted by Crippen LogP contribution is -2.41. The molecular weight excluding hydrogens is 241 g/mol. The molecule has 0 saturated carbocycles. The molecule has 1 aromatic carbocycles. The van der Waals surface area contributed by atoms with Crippen molar-refractivity contribution in [1.29, 1.82) is 0 Å². The average Bonchev–Trinajstić information content (AvgIpc) is 2.38. The van der Waals surface area contributed by atoms with Crippen LogP contribution in [0.25, 0.3) is 10.9 Å². The Morgan fingerprint density at radius 3 is 2.74 bits per heavy atom. The van der Waals surface area contributed by atoms with Crippen molar-refractivity contribution in [3.63, 3.8) is 0 Å². The molecule has 0 aliphatic heterocycles. The predicted molar refractivity (Wildman–Crippen MR) is 78.9 cm³/mol. The lowest BCUT2D eigenvalue weighted by atomic mass is 9.98. The molecule has 2 rings (SSSR count). The van der Waals surface area contributed by atoms with Gasteiger partial charge in [-0.25, -0.2) is 4.39 Å². The number of anilines is 2. The van der Waals surface area contributed by atoms with Crippen molar-refractivity contribution >= 4 is 22.3 Å². The van der Waals surface area contributed by atoms with Gasteiger partial charge in [0.15, 0.2) is 5.82 Å². The van der Waals surface area contributed by atoms with Gasteiger partial charge < -0.3 is 10.6 Å². The van der Waals surface area contributed by atoms with Gasteiger partial charge in [-0.05, 0) is 38.5 Å². The van der Waals surface area contributed by atoms with Crippen molar-refractivity contribution < 1.29 is 4.39 Å². The first-order valence-electron chi connectivity index (χ1n) is 6.45. The van der Waals surface area contributed by atoms with Gasteiger partial charge in [-0.1, -0.05) is 6.92 Å². The highest BCUT2D eigenvalue weighted by molar-refractivity contribution is 5.99. The van der Waals surface area contributed by atoms with Gasteiger partial charge >= 0.3 is 0 Å². The molecule has 0 bridgehead atoms. The number of nitrogens with two attached hydrogens (primary N) is 1. The Bertz CT molecular complexity index is 608. The van der Waals surface area contributed by atoms with Crippen molar-refractivity contribution in [2.45, 2.75) is 32.7 Å². The molecule has 0 amide bonds. The van der Waals surface area contributed by atoms with E-state index in [-0.39, 0.29) is 11.4 Å². The third-order valence-corrected chi connectivity index (χ3v) is 3.96. The molecule has 102 valence electrons. The Morgan fingerprint density at radius 1 is 1.42 bits per heavy atom. The first kappa shape index (κ1) is 13.6. The normalized spacial score (nSPS) is 11.8. The lowest BCUT2D eigenvalue weighted by Gasteiger charge is -2.37. The van der Waals surface area contributed by atoms with Gasteiger partial charge in [0.25, 0.3) is 0 Å². The zero-order valence-corrected chi connectivity index (χ0v) is 11.9. The summed E-state index contributed by atoms with van der Waals surface area (Å²) in [5, 5.41) is 0.789. The average molecular weight is 261 g/mol. The second kappa shape index (κ2) is 4.68. The molecule has 2 N–H and O–H groups in total. The molecule has 0 radical (unpaired) electrons. The van der Waals surface area contributed by atoms with Crippen LogP contribution >= 0.6 is 0 Å². The molecule has 19 heavy (non-hydrogen) atoms. The van der Waals surface area contributed by atoms with Crippen LogP contribution in [-0.2, 0) is 0 Å². The summed E-state index contributed by atoms with van der Waals surface area (Å²) in [5.41, 5.74) is 7.27. The van der Waals surface area contributed by atoms with E-state index in [1.165, 1.54) is 6.07 Å². The standard InChI is InChI=1S/C15H20FN3/c1-5-15(2,3)19(4)14-11(16)9-12(17)10-7-6-8-18-13(10)14/h6-9H,5,17H2,1-4H3. The Balaban J connectivity index is 2.73. The molecular formula is C15H20FN3. The van der Waals surface area contributed by atoms with E-state index in [0.29, 0.717) is 16.9 Å². The molecule has 0 spiro atoms. The topological polar surface area (TPSA) is 42.1 Å². The fourth-order valence-corrected chi connectivity index (χ4v) is 2.08. The van der Waals surface area contributed by atoms with E-state index in [0.717, 1.165) is 11.8 Å². The van der Waals surface area contributed by atoms with Crippen molar-refractivity contribution in [2.24, 2.45) is 0 Å². The number of fused-ring (bicyclic) bond motifs is 1. The van der Waals surface area contributed by atoms with Crippen LogP contribution in [0.5, 0.6) is 0 Å². The zero-order valence-electron chi connectivity index (χ0n) is 11.9. The molecule has 0 fully saturated rings. The number of halogens is 1. The highest BCUT2D eigenvalue weighted by Gasteiger charge is 2.26. The van der Waals surface area contributed by atoms with Crippen molar-refractivity contribution in [2.75, 3.05) is 17.7 Å². The number of benzene rings is 1. The second-order valence-corrected chi connectivity index (χ2v) is 5.42. The van der Waals surface area contributed by atoms with Crippen LogP contribution in [0.2, 0.25) is 0 Å². The number of pyridine rings is 1. The molecule has 0 atom stereocenters. The fourth-order valence-electron chi connectivity index (χ4n) is 2.08. The van der Waals surface area contributed by atoms with Crippen LogP contribution in [0.1, 0.15) is 27.2 Å². The molecule has 0 aliphatic rings. The Morgan fingerprint density at radius 2 is 2.11 bits per heavy atom. The first-order valence-corrected chi connectivity index (χ1v) is 6.45. The summed E-state index contributed by atoms with van der Waals surface area (Å²) in [6.45, 7) is 6.25. The fraction of sp³-hybridized carbons (Fsp3) is 0.400. The number of aromatic nitrogens is 1. The summed E-state index contributed by atoms with van der Waals surface area (Å²) < 4.78 is 14.3. The van der Waals surface area contributed by atoms with Crippen molar-refractivity contribution in [3.05, 3.63) is 30.2 Å². The number of rotatable bonds is 3. The van der Waals surface area contributed by atoms with Crippen molar-refractivity contribution in [3.8, 4) is 0 Å². The highest BCUT2D eigenvalue weighted by Crippen LogP contribution is 2.35. The Labute approximate surface area is 113 Å². The van der Waals surface area contributed by atoms with Crippen molar-refractivity contribution in [1.82, 2.24) is 4.98 Å². The molecule has 0 unspecified atom stereocenters. The second-order valence-electron chi connectivity index (χ2n) is 5.42.